The molecular formula is C29H23F6N9O2. The summed E-state index contributed by atoms with van der Waals surface area (Å²) in [6.45, 7) is -1.32. The van der Waals surface area contributed by atoms with Crippen molar-refractivity contribution in [3.63, 3.8) is 0 Å². The van der Waals surface area contributed by atoms with Gasteiger partial charge in [-0.2, -0.15) is 27.1 Å². The average molecular weight is 644 g/mol. The van der Waals surface area contributed by atoms with Crippen molar-refractivity contribution in [1.82, 2.24) is 39.3 Å². The van der Waals surface area contributed by atoms with Gasteiger partial charge < -0.3 is 5.32 Å². The first kappa shape index (κ1) is 30.7. The molecule has 0 unspecified atom stereocenters. The van der Waals surface area contributed by atoms with Gasteiger partial charge in [-0.25, -0.2) is 18.7 Å². The highest BCUT2D eigenvalue weighted by Gasteiger charge is 2.35. The number of nitrogens with zero attached hydrogens (tertiary/aromatic N) is 8. The predicted octanol–water partition coefficient (Wildman–Crippen LogP) is 5.65. The molecule has 0 fully saturated rings. The second-order valence-corrected chi connectivity index (χ2v) is 10.7. The standard InChI is InChI=1S/C29H23F6N9O2/c1-15-3-2-4-23(20-9-16(7-8-36-20)26-21(39-27(15)46)12-38-44(26)28(31)32)42-14-37-19(11-25(42)45)18-10-17(30)5-6-22(18)43-13-24(40-41-43)29(33,34)35/h5-15,23,28H,2-4H2,1H3,(H,39,46)/t15-,23+/m1/s1. The van der Waals surface area contributed by atoms with Gasteiger partial charge in [0.1, 0.15) is 5.82 Å². The zero-order valence-corrected chi connectivity index (χ0v) is 23.8. The number of fused-ring (bicyclic) bond motifs is 4. The first-order valence-electron chi connectivity index (χ1n) is 13.9. The molecule has 1 amide bonds. The second-order valence-electron chi connectivity index (χ2n) is 10.7. The topological polar surface area (TPSA) is 125 Å². The van der Waals surface area contributed by atoms with Crippen LogP contribution in [-0.4, -0.2) is 45.2 Å². The highest BCUT2D eigenvalue weighted by molar-refractivity contribution is 5.95. The lowest BCUT2D eigenvalue weighted by Gasteiger charge is -2.22. The number of carbonyl (C=O) groups is 1. The molecule has 1 aromatic carbocycles. The number of anilines is 1. The molecule has 4 aromatic heterocycles. The number of amides is 1. The van der Waals surface area contributed by atoms with Gasteiger partial charge in [-0.05, 0) is 43.2 Å². The van der Waals surface area contributed by atoms with Crippen LogP contribution in [0.5, 0.6) is 0 Å². The quantitative estimate of drug-likeness (QED) is 0.251. The number of carbonyl (C=O) groups excluding carboxylic acids is 1. The molecule has 2 bridgehead atoms. The minimum absolute atomic E-state index is 0.00636. The van der Waals surface area contributed by atoms with Gasteiger partial charge in [0.25, 0.3) is 5.56 Å². The van der Waals surface area contributed by atoms with Gasteiger partial charge in [0.05, 0.1) is 53.2 Å². The summed E-state index contributed by atoms with van der Waals surface area (Å²) in [5.41, 5.74) is -1.29. The highest BCUT2D eigenvalue weighted by Crippen LogP contribution is 2.35. The Bertz CT molecular complexity index is 1980. The Morgan fingerprint density at radius 2 is 1.85 bits per heavy atom. The van der Waals surface area contributed by atoms with Crippen LogP contribution in [-0.2, 0) is 11.0 Å². The Morgan fingerprint density at radius 3 is 2.57 bits per heavy atom. The summed E-state index contributed by atoms with van der Waals surface area (Å²) in [6.07, 6.45) is 0.763. The van der Waals surface area contributed by atoms with E-state index in [1.807, 2.05) is 0 Å². The fourth-order valence-corrected chi connectivity index (χ4v) is 5.32. The molecule has 1 aliphatic rings. The molecule has 0 aliphatic carbocycles. The number of alkyl halides is 5. The van der Waals surface area contributed by atoms with Crippen LogP contribution in [0.4, 0.5) is 32.0 Å². The molecule has 46 heavy (non-hydrogen) atoms. The lowest BCUT2D eigenvalue weighted by atomic mass is 9.97. The van der Waals surface area contributed by atoms with Crippen molar-refractivity contribution in [3.8, 4) is 28.2 Å². The Labute approximate surface area is 255 Å². The SMILES string of the molecule is C[C@@H]1CCC[C@H](n2cnc(-c3cc(F)ccc3-n3cc(C(F)(F)F)nn3)cc2=O)c2cc(ccn2)-c2c(cnn2C(F)F)NC1=O. The Kier molecular flexibility index (Phi) is 7.91. The van der Waals surface area contributed by atoms with Crippen molar-refractivity contribution in [2.75, 3.05) is 5.32 Å². The van der Waals surface area contributed by atoms with Crippen LogP contribution in [0.15, 0.2) is 66.1 Å². The number of aromatic nitrogens is 8. The molecule has 1 aliphatic heterocycles. The Balaban J connectivity index is 1.43. The molecular weight excluding hydrogens is 620 g/mol. The van der Waals surface area contributed by atoms with Gasteiger partial charge >= 0.3 is 12.7 Å². The van der Waals surface area contributed by atoms with Crippen molar-refractivity contribution >= 4 is 11.6 Å². The van der Waals surface area contributed by atoms with E-state index < -0.39 is 41.8 Å². The van der Waals surface area contributed by atoms with Crippen LogP contribution in [0.3, 0.4) is 0 Å². The molecule has 0 radical (unpaired) electrons. The first-order valence-corrected chi connectivity index (χ1v) is 13.9. The molecule has 17 heteroatoms. The number of rotatable bonds is 4. The normalized spacial score (nSPS) is 17.3. The zero-order valence-electron chi connectivity index (χ0n) is 23.8. The van der Waals surface area contributed by atoms with E-state index >= 15 is 0 Å². The second kappa shape index (κ2) is 11.9. The zero-order chi connectivity index (χ0) is 32.7. The van der Waals surface area contributed by atoms with Crippen LogP contribution in [0.2, 0.25) is 0 Å². The molecule has 238 valence electrons. The number of halogens is 6. The number of hydrogen-bond donors (Lipinski definition) is 1. The maximum Gasteiger partial charge on any atom is 0.436 e. The number of pyridine rings is 1. The third-order valence-corrected chi connectivity index (χ3v) is 7.63. The Morgan fingerprint density at radius 1 is 1.04 bits per heavy atom. The summed E-state index contributed by atoms with van der Waals surface area (Å²) in [5, 5.41) is 13.1. The van der Waals surface area contributed by atoms with Crippen LogP contribution in [0.1, 0.15) is 50.2 Å². The van der Waals surface area contributed by atoms with Crippen LogP contribution in [0, 0.1) is 11.7 Å². The lowest BCUT2D eigenvalue weighted by Crippen LogP contribution is -2.27. The minimum atomic E-state index is -4.77. The molecule has 5 heterocycles. The molecule has 1 N–H and O–H groups in total. The largest absolute Gasteiger partial charge is 0.436 e. The predicted molar refractivity (Wildman–Crippen MR) is 150 cm³/mol. The third kappa shape index (κ3) is 5.87. The average Bonchev–Trinajstić information content (AvgIpc) is 3.67. The summed E-state index contributed by atoms with van der Waals surface area (Å²) in [5.74, 6) is -1.63. The maximum atomic E-state index is 14.3. The van der Waals surface area contributed by atoms with Gasteiger partial charge in [-0.15, -0.1) is 5.10 Å². The van der Waals surface area contributed by atoms with Gasteiger partial charge in [-0.3, -0.25) is 19.1 Å². The Hall–Kier alpha value is -5.35. The van der Waals surface area contributed by atoms with Crippen LogP contribution >= 0.6 is 0 Å². The van der Waals surface area contributed by atoms with Crippen molar-refractivity contribution in [1.29, 1.82) is 0 Å². The summed E-state index contributed by atoms with van der Waals surface area (Å²) >= 11 is 0. The summed E-state index contributed by atoms with van der Waals surface area (Å²) in [4.78, 5) is 35.2. The van der Waals surface area contributed by atoms with E-state index in [9.17, 15) is 35.9 Å². The van der Waals surface area contributed by atoms with Crippen molar-refractivity contribution in [2.24, 2.45) is 5.92 Å². The fraction of sp³-hybridized carbons (Fsp3) is 0.276. The summed E-state index contributed by atoms with van der Waals surface area (Å²) in [7, 11) is 0. The van der Waals surface area contributed by atoms with E-state index in [4.69, 9.17) is 0 Å². The van der Waals surface area contributed by atoms with E-state index in [2.05, 4.69) is 30.7 Å². The van der Waals surface area contributed by atoms with Crippen molar-refractivity contribution < 1.29 is 31.1 Å². The minimum Gasteiger partial charge on any atom is -0.323 e. The molecule has 0 saturated heterocycles. The molecule has 6 rings (SSSR count). The van der Waals surface area contributed by atoms with E-state index in [1.165, 1.54) is 35.3 Å². The van der Waals surface area contributed by atoms with Gasteiger partial charge in [0.15, 0.2) is 5.69 Å². The fourth-order valence-electron chi connectivity index (χ4n) is 5.32. The van der Waals surface area contributed by atoms with Gasteiger partial charge in [0, 0.05) is 29.3 Å². The monoisotopic (exact) mass is 643 g/mol. The molecule has 5 aromatic rings. The first-order chi connectivity index (χ1) is 21.9. The van der Waals surface area contributed by atoms with E-state index in [0.29, 0.717) is 35.8 Å². The molecule has 2 atom stereocenters. The van der Waals surface area contributed by atoms with E-state index in [1.54, 1.807) is 6.92 Å². The van der Waals surface area contributed by atoms with E-state index in [0.717, 1.165) is 29.1 Å². The number of benzene rings is 1. The molecule has 0 saturated carbocycles. The van der Waals surface area contributed by atoms with Crippen LogP contribution < -0.4 is 10.9 Å². The maximum absolute atomic E-state index is 14.3. The van der Waals surface area contributed by atoms with E-state index in [-0.39, 0.29) is 39.8 Å². The summed E-state index contributed by atoms with van der Waals surface area (Å²) < 4.78 is 84.2. The number of nitrogens with one attached hydrogen (secondary N) is 1. The van der Waals surface area contributed by atoms with Crippen molar-refractivity contribution in [3.05, 3.63) is 88.9 Å². The molecule has 11 nitrogen and oxygen atoms in total. The van der Waals surface area contributed by atoms with Gasteiger partial charge in [0.2, 0.25) is 5.91 Å². The van der Waals surface area contributed by atoms with Crippen molar-refractivity contribution in [2.45, 2.75) is 45.0 Å². The molecule has 0 spiro atoms. The van der Waals surface area contributed by atoms with Crippen LogP contribution in [0.25, 0.3) is 28.2 Å². The highest BCUT2D eigenvalue weighted by atomic mass is 19.4. The smallest absolute Gasteiger partial charge is 0.323 e. The summed E-state index contributed by atoms with van der Waals surface area (Å²) in [6, 6.07) is 6.55. The van der Waals surface area contributed by atoms with Gasteiger partial charge in [-0.1, -0.05) is 18.6 Å². The number of hydrogen-bond acceptors (Lipinski definition) is 7. The third-order valence-electron chi connectivity index (χ3n) is 7.63. The lowest BCUT2D eigenvalue weighted by molar-refractivity contribution is -0.141.